The summed E-state index contributed by atoms with van der Waals surface area (Å²) in [7, 11) is 0. The van der Waals surface area contributed by atoms with E-state index in [2.05, 4.69) is 0 Å². The topological polar surface area (TPSA) is 0 Å². The molecule has 0 aliphatic heterocycles. The molecular formula is C23H11F37. The Kier molecular flexibility index (Phi) is 13.6. The third-order valence-corrected chi connectivity index (χ3v) is 8.03. The van der Waals surface area contributed by atoms with Crippen molar-refractivity contribution in [3.63, 3.8) is 0 Å². The summed E-state index contributed by atoms with van der Waals surface area (Å²) in [6.07, 6.45) is -12.3. The first kappa shape index (κ1) is 57.4. The zero-order chi connectivity index (χ0) is 50.0. The molecule has 0 aromatic heterocycles. The van der Waals surface area contributed by atoms with Crippen LogP contribution in [-0.2, 0) is 0 Å². The number of hydrogen-bond donors (Lipinski definition) is 0. The molecule has 0 radical (unpaired) electrons. The van der Waals surface area contributed by atoms with Gasteiger partial charge in [-0.3, -0.25) is 0 Å². The predicted molar refractivity (Wildman–Crippen MR) is 114 cm³/mol. The summed E-state index contributed by atoms with van der Waals surface area (Å²) in [6.45, 7) is 1.01. The SMILES string of the molecule is CCC(C)CC(F)(F)C(F)(F)C(F)(F)C(F)(F)C(F)(F)C(F)(F)C(F)(F)C(F)(F)C(F)(F)C(F)(F)C(F)(F)C(F)(F)C(F)(F)C(F)(F)C(F)(F)C(F)(F)C(F)(F)C(F)(F)F. The Morgan fingerprint density at radius 1 is 0.233 bits per heavy atom. The number of alkyl halides is 37. The zero-order valence-electron chi connectivity index (χ0n) is 27.0. The average Bonchev–Trinajstić information content (AvgIpc) is 3.02. The Hall–Kier alpha value is -2.59. The second-order valence-electron chi connectivity index (χ2n) is 12.1. The van der Waals surface area contributed by atoms with Gasteiger partial charge in [0.05, 0.1) is 0 Å². The van der Waals surface area contributed by atoms with E-state index in [0.29, 0.717) is 13.8 Å². The van der Waals surface area contributed by atoms with E-state index >= 15 is 0 Å². The van der Waals surface area contributed by atoms with Crippen molar-refractivity contribution < 1.29 is 162 Å². The lowest BCUT2D eigenvalue weighted by atomic mass is 9.82. The van der Waals surface area contributed by atoms with Gasteiger partial charge in [0.2, 0.25) is 0 Å². The Morgan fingerprint density at radius 3 is 0.500 bits per heavy atom. The van der Waals surface area contributed by atoms with E-state index in [0.717, 1.165) is 0 Å². The third-order valence-electron chi connectivity index (χ3n) is 8.03. The van der Waals surface area contributed by atoms with Crippen LogP contribution in [0.25, 0.3) is 0 Å². The van der Waals surface area contributed by atoms with Gasteiger partial charge in [0, 0.05) is 6.42 Å². The molecule has 0 nitrogen and oxygen atoms in total. The highest BCUT2D eigenvalue weighted by Gasteiger charge is 3.02. The molecule has 0 aromatic rings. The lowest BCUT2D eigenvalue weighted by Crippen LogP contribution is -2.80. The Labute approximate surface area is 303 Å². The van der Waals surface area contributed by atoms with Crippen LogP contribution in [0.4, 0.5) is 162 Å². The highest BCUT2D eigenvalue weighted by molar-refractivity contribution is 5.23. The summed E-state index contributed by atoms with van der Waals surface area (Å²) in [5.74, 6) is -167. The first-order valence-electron chi connectivity index (χ1n) is 13.7. The standard InChI is InChI=1S/C23H11F37/c1-3-5(2)4-6(24,25)7(26,27)8(28,29)9(30,31)10(32,33)11(34,35)12(36,37)13(38,39)14(40,41)15(42,43)16(44,45)17(46,47)18(48,49)19(50,51)20(52,53)21(54,55)22(56,57)23(58,59)60/h5H,3-4H2,1-2H3. The predicted octanol–water partition coefficient (Wildman–Crippen LogP) is 13.8. The quantitative estimate of drug-likeness (QED) is 0.113. The Bertz CT molecular complexity index is 1520. The largest absolute Gasteiger partial charge is 0.460 e. The molecule has 0 heterocycles. The van der Waals surface area contributed by atoms with Crippen LogP contribution >= 0.6 is 0 Å². The van der Waals surface area contributed by atoms with Crippen molar-refractivity contribution >= 4 is 0 Å². The average molecular weight is 990 g/mol. The number of halogens is 37. The van der Waals surface area contributed by atoms with Crippen molar-refractivity contribution in [3.05, 3.63) is 0 Å². The molecular weight excluding hydrogens is 979 g/mol. The van der Waals surface area contributed by atoms with Crippen molar-refractivity contribution in [3.8, 4) is 0 Å². The van der Waals surface area contributed by atoms with Crippen LogP contribution in [0.15, 0.2) is 0 Å². The second kappa shape index (κ2) is 14.2. The number of rotatable bonds is 19. The van der Waals surface area contributed by atoms with E-state index in [9.17, 15) is 162 Å². The lowest BCUT2D eigenvalue weighted by Gasteiger charge is -2.47. The molecule has 0 amide bonds. The minimum atomic E-state index is -10.4. The van der Waals surface area contributed by atoms with Gasteiger partial charge < -0.3 is 0 Å². The van der Waals surface area contributed by atoms with E-state index in [-0.39, 0.29) is 0 Å². The highest BCUT2D eigenvalue weighted by atomic mass is 19.4. The first-order chi connectivity index (χ1) is 25.2. The summed E-state index contributed by atoms with van der Waals surface area (Å²) in [6, 6.07) is 0. The smallest absolute Gasteiger partial charge is 0.200 e. The van der Waals surface area contributed by atoms with Gasteiger partial charge in [0.25, 0.3) is 0 Å². The third kappa shape index (κ3) is 6.62. The van der Waals surface area contributed by atoms with Crippen LogP contribution in [0.3, 0.4) is 0 Å². The molecule has 0 saturated heterocycles. The maximum absolute atomic E-state index is 14.0. The zero-order valence-corrected chi connectivity index (χ0v) is 27.0. The van der Waals surface area contributed by atoms with Crippen LogP contribution in [0, 0.1) is 5.92 Å². The van der Waals surface area contributed by atoms with Crippen molar-refractivity contribution in [2.75, 3.05) is 0 Å². The van der Waals surface area contributed by atoms with E-state index in [1.165, 1.54) is 0 Å². The molecule has 0 fully saturated rings. The normalized spacial score (nSPS) is 17.6. The van der Waals surface area contributed by atoms with Crippen molar-refractivity contribution in [1.82, 2.24) is 0 Å². The Morgan fingerprint density at radius 2 is 0.367 bits per heavy atom. The van der Waals surface area contributed by atoms with Gasteiger partial charge >= 0.3 is 107 Å². The van der Waals surface area contributed by atoms with E-state index in [4.69, 9.17) is 0 Å². The van der Waals surface area contributed by atoms with Gasteiger partial charge in [-0.25, -0.2) is 0 Å². The fourth-order valence-corrected chi connectivity index (χ4v) is 3.88. The molecule has 362 valence electrons. The van der Waals surface area contributed by atoms with Gasteiger partial charge in [-0.1, -0.05) is 20.3 Å². The Balaban J connectivity index is 7.85. The molecule has 1 atom stereocenters. The van der Waals surface area contributed by atoms with Crippen LogP contribution in [0.1, 0.15) is 26.7 Å². The highest BCUT2D eigenvalue weighted by Crippen LogP contribution is 2.70. The van der Waals surface area contributed by atoms with Gasteiger partial charge in [-0.15, -0.1) is 0 Å². The molecule has 0 bridgehead atoms. The maximum atomic E-state index is 14.0. The van der Waals surface area contributed by atoms with Gasteiger partial charge in [0.15, 0.2) is 0 Å². The minimum absolute atomic E-state index is 0.321. The molecule has 0 aliphatic rings. The molecule has 0 N–H and O–H groups in total. The summed E-state index contributed by atoms with van der Waals surface area (Å²) in [5, 5.41) is 0. The molecule has 0 aliphatic carbocycles. The number of hydrogen-bond acceptors (Lipinski definition) is 0. The maximum Gasteiger partial charge on any atom is 0.460 e. The molecule has 1 unspecified atom stereocenters. The molecule has 0 saturated carbocycles. The summed E-state index contributed by atoms with van der Waals surface area (Å²) < 4.78 is 505. The summed E-state index contributed by atoms with van der Waals surface area (Å²) in [5.41, 5.74) is 0. The molecule has 0 aromatic carbocycles. The van der Waals surface area contributed by atoms with Crippen molar-refractivity contribution in [2.45, 2.75) is 134 Å². The van der Waals surface area contributed by atoms with E-state index in [1.54, 1.807) is 0 Å². The monoisotopic (exact) mass is 990 g/mol. The van der Waals surface area contributed by atoms with Crippen molar-refractivity contribution in [1.29, 1.82) is 0 Å². The lowest BCUT2D eigenvalue weighted by molar-refractivity contribution is -0.493. The van der Waals surface area contributed by atoms with Gasteiger partial charge in [-0.05, 0) is 5.92 Å². The van der Waals surface area contributed by atoms with Crippen LogP contribution in [0.2, 0.25) is 0 Å². The molecule has 37 heteroatoms. The van der Waals surface area contributed by atoms with Gasteiger partial charge in [-0.2, -0.15) is 162 Å². The van der Waals surface area contributed by atoms with E-state index < -0.39 is 126 Å². The van der Waals surface area contributed by atoms with Crippen molar-refractivity contribution in [2.24, 2.45) is 5.92 Å². The fraction of sp³-hybridized carbons (Fsp3) is 1.00. The van der Waals surface area contributed by atoms with Crippen LogP contribution in [-0.4, -0.2) is 107 Å². The fourth-order valence-electron chi connectivity index (χ4n) is 3.88. The summed E-state index contributed by atoms with van der Waals surface area (Å²) >= 11 is 0. The minimum Gasteiger partial charge on any atom is -0.200 e. The second-order valence-corrected chi connectivity index (χ2v) is 12.1. The molecule has 0 spiro atoms. The van der Waals surface area contributed by atoms with Crippen LogP contribution in [0.5, 0.6) is 0 Å². The molecule has 0 rings (SSSR count). The summed E-state index contributed by atoms with van der Waals surface area (Å²) in [4.78, 5) is 0. The van der Waals surface area contributed by atoms with Gasteiger partial charge in [0.1, 0.15) is 0 Å². The first-order valence-corrected chi connectivity index (χ1v) is 13.7. The van der Waals surface area contributed by atoms with E-state index in [1.807, 2.05) is 0 Å². The van der Waals surface area contributed by atoms with Crippen LogP contribution < -0.4 is 0 Å². The molecule has 60 heavy (non-hydrogen) atoms.